The molecule has 1 N–H and O–H groups in total. The maximum Gasteiger partial charge on any atom is 0.262 e. The first-order valence-corrected chi connectivity index (χ1v) is 11.5. The van der Waals surface area contributed by atoms with E-state index in [4.69, 9.17) is 9.47 Å². The molecule has 0 aliphatic rings. The van der Waals surface area contributed by atoms with E-state index in [1.807, 2.05) is 50.2 Å². The number of hydrogen-bond donors (Lipinski definition) is 1. The number of carbonyl (C=O) groups is 1. The molecule has 1 amide bonds. The molecule has 3 aromatic carbocycles. The van der Waals surface area contributed by atoms with Gasteiger partial charge in [0.05, 0.1) is 12.6 Å². The average Bonchev–Trinajstić information content (AvgIpc) is 2.84. The topological polar surface area (TPSA) is 71.3 Å². The molecule has 0 radical (unpaired) electrons. The third kappa shape index (κ3) is 6.46. The molecule has 0 fully saturated rings. The minimum Gasteiger partial charge on any atom is -0.490 e. The Morgan fingerprint density at radius 3 is 2.47 bits per heavy atom. The van der Waals surface area contributed by atoms with Crippen molar-refractivity contribution in [2.45, 2.75) is 26.5 Å². The molecular formula is C27H24BrFN2O3. The lowest BCUT2D eigenvalue weighted by molar-refractivity contribution is -0.117. The summed E-state index contributed by atoms with van der Waals surface area (Å²) in [6.07, 6.45) is 1.49. The van der Waals surface area contributed by atoms with Crippen LogP contribution in [-0.4, -0.2) is 12.5 Å². The van der Waals surface area contributed by atoms with Crippen molar-refractivity contribution in [2.75, 3.05) is 6.61 Å². The zero-order valence-corrected chi connectivity index (χ0v) is 20.4. The van der Waals surface area contributed by atoms with Crippen LogP contribution in [-0.2, 0) is 11.4 Å². The van der Waals surface area contributed by atoms with Crippen LogP contribution in [0, 0.1) is 17.1 Å². The van der Waals surface area contributed by atoms with Gasteiger partial charge in [-0.25, -0.2) is 4.39 Å². The van der Waals surface area contributed by atoms with Crippen LogP contribution in [0.3, 0.4) is 0 Å². The molecular weight excluding hydrogens is 499 g/mol. The molecule has 7 heteroatoms. The second-order valence-electron chi connectivity index (χ2n) is 7.41. The molecule has 0 bridgehead atoms. The van der Waals surface area contributed by atoms with Gasteiger partial charge in [-0.2, -0.15) is 5.26 Å². The fourth-order valence-corrected chi connectivity index (χ4v) is 3.65. The van der Waals surface area contributed by atoms with Gasteiger partial charge in [0.1, 0.15) is 24.1 Å². The number of ether oxygens (including phenoxy) is 2. The van der Waals surface area contributed by atoms with Crippen molar-refractivity contribution in [2.24, 2.45) is 0 Å². The Kier molecular flexibility index (Phi) is 8.83. The molecule has 0 aliphatic heterocycles. The third-order valence-corrected chi connectivity index (χ3v) is 5.70. The van der Waals surface area contributed by atoms with Gasteiger partial charge in [-0.15, -0.1) is 0 Å². The number of nitrogens with zero attached hydrogens (tertiary/aromatic N) is 1. The predicted molar refractivity (Wildman–Crippen MR) is 133 cm³/mol. The highest BCUT2D eigenvalue weighted by molar-refractivity contribution is 9.10. The number of nitriles is 1. The summed E-state index contributed by atoms with van der Waals surface area (Å²) in [7, 11) is 0. The second kappa shape index (κ2) is 12.0. The Morgan fingerprint density at radius 1 is 1.12 bits per heavy atom. The quantitative estimate of drug-likeness (QED) is 0.262. The summed E-state index contributed by atoms with van der Waals surface area (Å²) >= 11 is 3.47. The molecule has 0 spiro atoms. The first-order chi connectivity index (χ1) is 16.4. The van der Waals surface area contributed by atoms with E-state index < -0.39 is 5.91 Å². The molecule has 0 aliphatic carbocycles. The molecule has 0 unspecified atom stereocenters. The van der Waals surface area contributed by atoms with E-state index in [0.717, 1.165) is 5.56 Å². The molecule has 0 saturated carbocycles. The summed E-state index contributed by atoms with van der Waals surface area (Å²) in [5.41, 5.74) is 1.87. The minimum atomic E-state index is -0.483. The van der Waals surface area contributed by atoms with E-state index in [1.165, 1.54) is 12.1 Å². The summed E-state index contributed by atoms with van der Waals surface area (Å²) in [5.74, 6) is -0.00416. The van der Waals surface area contributed by atoms with Crippen LogP contribution < -0.4 is 14.8 Å². The van der Waals surface area contributed by atoms with E-state index in [1.54, 1.807) is 30.3 Å². The Morgan fingerprint density at radius 2 is 1.79 bits per heavy atom. The third-order valence-electron chi connectivity index (χ3n) is 5.02. The summed E-state index contributed by atoms with van der Waals surface area (Å²) in [6.45, 7) is 4.09. The molecule has 174 valence electrons. The number of nitrogens with one attached hydrogen (secondary N) is 1. The van der Waals surface area contributed by atoms with Gasteiger partial charge in [0.25, 0.3) is 5.91 Å². The molecule has 5 nitrogen and oxygen atoms in total. The molecule has 1 atom stereocenters. The summed E-state index contributed by atoms with van der Waals surface area (Å²) in [5, 5.41) is 12.5. The fourth-order valence-electron chi connectivity index (χ4n) is 3.22. The van der Waals surface area contributed by atoms with E-state index >= 15 is 0 Å². The Bertz CT molecular complexity index is 1220. The van der Waals surface area contributed by atoms with E-state index in [9.17, 15) is 14.4 Å². The van der Waals surface area contributed by atoms with Crippen LogP contribution in [0.5, 0.6) is 11.5 Å². The van der Waals surface area contributed by atoms with Crippen molar-refractivity contribution in [1.82, 2.24) is 5.32 Å². The summed E-state index contributed by atoms with van der Waals surface area (Å²) in [4.78, 5) is 12.7. The first kappa shape index (κ1) is 25.0. The molecule has 0 saturated heterocycles. The zero-order valence-electron chi connectivity index (χ0n) is 18.8. The highest BCUT2D eigenvalue weighted by Crippen LogP contribution is 2.35. The molecule has 34 heavy (non-hydrogen) atoms. The Hall–Kier alpha value is -3.63. The maximum atomic E-state index is 13.9. The van der Waals surface area contributed by atoms with Crippen molar-refractivity contribution < 1.29 is 18.7 Å². The first-order valence-electron chi connectivity index (χ1n) is 10.7. The lowest BCUT2D eigenvalue weighted by Gasteiger charge is -2.15. The number of rotatable bonds is 9. The lowest BCUT2D eigenvalue weighted by atomic mass is 10.1. The van der Waals surface area contributed by atoms with Crippen LogP contribution >= 0.6 is 15.9 Å². The number of amides is 1. The smallest absolute Gasteiger partial charge is 0.262 e. The molecule has 3 aromatic rings. The standard InChI is InChI=1S/C27H24BrFN2O3/c1-3-33-25-14-21(23(28)15-26(25)34-17-20-11-7-8-12-24(20)29)13-22(16-30)27(32)31-18(2)19-9-5-4-6-10-19/h4-15,18H,3,17H2,1-2H3,(H,31,32)/b22-13-/t18-/m0/s1. The van der Waals surface area contributed by atoms with Gasteiger partial charge in [-0.3, -0.25) is 4.79 Å². The number of hydrogen-bond acceptors (Lipinski definition) is 4. The van der Waals surface area contributed by atoms with Gasteiger partial charge >= 0.3 is 0 Å². The molecule has 0 aromatic heterocycles. The van der Waals surface area contributed by atoms with Crippen molar-refractivity contribution in [3.05, 3.63) is 99.3 Å². The number of benzene rings is 3. The number of carbonyl (C=O) groups excluding carboxylic acids is 1. The molecule has 3 rings (SSSR count). The van der Waals surface area contributed by atoms with Gasteiger partial charge in [-0.05, 0) is 49.2 Å². The van der Waals surface area contributed by atoms with Crippen molar-refractivity contribution >= 4 is 27.9 Å². The molecule has 0 heterocycles. The van der Waals surface area contributed by atoms with Gasteiger partial charge in [0.15, 0.2) is 11.5 Å². The van der Waals surface area contributed by atoms with Crippen LogP contribution in [0.2, 0.25) is 0 Å². The maximum absolute atomic E-state index is 13.9. The Balaban J connectivity index is 1.83. The zero-order chi connectivity index (χ0) is 24.5. The van der Waals surface area contributed by atoms with Crippen molar-refractivity contribution in [1.29, 1.82) is 5.26 Å². The lowest BCUT2D eigenvalue weighted by Crippen LogP contribution is -2.27. The van der Waals surface area contributed by atoms with Crippen LogP contribution in [0.15, 0.2) is 76.8 Å². The second-order valence-corrected chi connectivity index (χ2v) is 8.26. The van der Waals surface area contributed by atoms with Crippen LogP contribution in [0.25, 0.3) is 6.08 Å². The Labute approximate surface area is 207 Å². The monoisotopic (exact) mass is 522 g/mol. The predicted octanol–water partition coefficient (Wildman–Crippen LogP) is 6.35. The number of halogens is 2. The average molecular weight is 523 g/mol. The van der Waals surface area contributed by atoms with Gasteiger partial charge in [0.2, 0.25) is 0 Å². The minimum absolute atomic E-state index is 0.0254. The van der Waals surface area contributed by atoms with Gasteiger partial charge in [0, 0.05) is 10.0 Å². The summed E-state index contributed by atoms with van der Waals surface area (Å²) in [6, 6.07) is 20.9. The van der Waals surface area contributed by atoms with E-state index in [0.29, 0.717) is 33.7 Å². The van der Waals surface area contributed by atoms with Gasteiger partial charge < -0.3 is 14.8 Å². The van der Waals surface area contributed by atoms with Crippen LogP contribution in [0.4, 0.5) is 4.39 Å². The van der Waals surface area contributed by atoms with E-state index in [2.05, 4.69) is 21.2 Å². The normalized spacial score (nSPS) is 11.9. The highest BCUT2D eigenvalue weighted by Gasteiger charge is 2.16. The SMILES string of the molecule is CCOc1cc(/C=C(/C#N)C(=O)N[C@@H](C)c2ccccc2)c(Br)cc1OCc1ccccc1F. The van der Waals surface area contributed by atoms with Crippen molar-refractivity contribution in [3.8, 4) is 17.6 Å². The van der Waals surface area contributed by atoms with Crippen molar-refractivity contribution in [3.63, 3.8) is 0 Å². The largest absolute Gasteiger partial charge is 0.490 e. The van der Waals surface area contributed by atoms with Gasteiger partial charge in [-0.1, -0.05) is 64.5 Å². The fraction of sp³-hybridized carbons (Fsp3) is 0.185. The van der Waals surface area contributed by atoms with Crippen LogP contribution in [0.1, 0.15) is 36.6 Å². The summed E-state index contributed by atoms with van der Waals surface area (Å²) < 4.78 is 26.0. The van der Waals surface area contributed by atoms with E-state index in [-0.39, 0.29) is 24.0 Å². The highest BCUT2D eigenvalue weighted by atomic mass is 79.9.